The van der Waals surface area contributed by atoms with Gasteiger partial charge in [0.15, 0.2) is 0 Å². The van der Waals surface area contributed by atoms with Crippen LogP contribution in [0, 0.1) is 5.92 Å². The number of ether oxygens (including phenoxy) is 2. The van der Waals surface area contributed by atoms with Gasteiger partial charge in [-0.3, -0.25) is 4.79 Å². The number of hydrogen-bond donors (Lipinski definition) is 0. The number of halogens is 2. The average molecular weight is 521 g/mol. The minimum atomic E-state index is -0.247. The zero-order chi connectivity index (χ0) is 25.2. The van der Waals surface area contributed by atoms with Crippen molar-refractivity contribution in [2.45, 2.75) is 25.3 Å². The van der Waals surface area contributed by atoms with Gasteiger partial charge < -0.3 is 9.47 Å². The summed E-state index contributed by atoms with van der Waals surface area (Å²) in [6, 6.07) is 20.5. The molecule has 1 saturated carbocycles. The highest BCUT2D eigenvalue weighted by molar-refractivity contribution is 6.36. The molecule has 2 aliphatic rings. The van der Waals surface area contributed by atoms with Gasteiger partial charge in [0.2, 0.25) is 0 Å². The third-order valence-corrected chi connectivity index (χ3v) is 7.33. The molecule has 0 N–H and O–H groups in total. The Morgan fingerprint density at radius 1 is 0.972 bits per heavy atom. The van der Waals surface area contributed by atoms with Crippen LogP contribution in [0.5, 0.6) is 11.5 Å². The van der Waals surface area contributed by atoms with Crippen molar-refractivity contribution in [3.05, 3.63) is 99.0 Å². The van der Waals surface area contributed by atoms with E-state index in [9.17, 15) is 4.79 Å². The summed E-state index contributed by atoms with van der Waals surface area (Å²) in [6.07, 6.45) is 5.02. The molecule has 0 unspecified atom stereocenters. The molecule has 1 fully saturated rings. The van der Waals surface area contributed by atoms with Crippen LogP contribution in [0.2, 0.25) is 10.0 Å². The first kappa shape index (κ1) is 24.4. The average Bonchev–Trinajstić information content (AvgIpc) is 3.29. The lowest BCUT2D eigenvalue weighted by Crippen LogP contribution is -2.32. The predicted molar refractivity (Wildman–Crippen MR) is 144 cm³/mol. The monoisotopic (exact) mass is 520 g/mol. The summed E-state index contributed by atoms with van der Waals surface area (Å²) in [5, 5.41) is 7.34. The van der Waals surface area contributed by atoms with E-state index >= 15 is 0 Å². The molecule has 3 aromatic carbocycles. The van der Waals surface area contributed by atoms with Crippen molar-refractivity contribution in [3.63, 3.8) is 0 Å². The van der Waals surface area contributed by atoms with Gasteiger partial charge in [-0.05, 0) is 84.5 Å². The summed E-state index contributed by atoms with van der Waals surface area (Å²) in [6.45, 7) is 0. The van der Waals surface area contributed by atoms with Gasteiger partial charge in [-0.15, -0.1) is 0 Å². The van der Waals surface area contributed by atoms with Gasteiger partial charge in [0.25, 0.3) is 5.91 Å². The first-order chi connectivity index (χ1) is 17.5. The summed E-state index contributed by atoms with van der Waals surface area (Å²) in [7, 11) is 3.30. The standard InChI is InChI=1S/C29H26Cl2N2O3/c1-35-22-11-6-18(7-12-22)16-20-4-3-5-25-27(20)32-33(28(25)19-8-13-23(36-2)14-9-19)29(34)24-15-10-21(30)17-26(24)31/h6-17,25,28H,3-5H2,1-2H3/b20-16-/t25-,28+/m1/s1. The maximum atomic E-state index is 13.8. The van der Waals surface area contributed by atoms with Crippen LogP contribution in [0.1, 0.15) is 46.8 Å². The number of fused-ring (bicyclic) bond motifs is 1. The molecule has 5 nitrogen and oxygen atoms in total. The van der Waals surface area contributed by atoms with Gasteiger partial charge >= 0.3 is 0 Å². The van der Waals surface area contributed by atoms with E-state index in [0.717, 1.165) is 53.2 Å². The molecule has 36 heavy (non-hydrogen) atoms. The number of nitrogens with zero attached hydrogens (tertiary/aromatic N) is 2. The zero-order valence-electron chi connectivity index (χ0n) is 20.1. The number of amides is 1. The lowest BCUT2D eigenvalue weighted by atomic mass is 9.77. The van der Waals surface area contributed by atoms with Gasteiger partial charge in [-0.1, -0.05) is 47.5 Å². The molecule has 0 aromatic heterocycles. The van der Waals surface area contributed by atoms with E-state index < -0.39 is 0 Å². The van der Waals surface area contributed by atoms with E-state index in [1.165, 1.54) is 0 Å². The van der Waals surface area contributed by atoms with E-state index in [4.69, 9.17) is 37.8 Å². The van der Waals surface area contributed by atoms with Crippen LogP contribution in [0.15, 0.2) is 77.4 Å². The van der Waals surface area contributed by atoms with Crippen LogP contribution in [0.3, 0.4) is 0 Å². The van der Waals surface area contributed by atoms with Crippen LogP contribution in [0.25, 0.3) is 6.08 Å². The first-order valence-corrected chi connectivity index (χ1v) is 12.6. The fourth-order valence-electron chi connectivity index (χ4n) is 4.99. The summed E-state index contributed by atoms with van der Waals surface area (Å²) in [5.74, 6) is 1.41. The highest BCUT2D eigenvalue weighted by atomic mass is 35.5. The maximum Gasteiger partial charge on any atom is 0.276 e. The van der Waals surface area contributed by atoms with Crippen LogP contribution in [-0.2, 0) is 0 Å². The lowest BCUT2D eigenvalue weighted by Gasteiger charge is -2.30. The minimum absolute atomic E-state index is 0.0756. The second-order valence-corrected chi connectivity index (χ2v) is 9.76. The molecule has 1 aliphatic heterocycles. The van der Waals surface area contributed by atoms with Gasteiger partial charge in [0.1, 0.15) is 11.5 Å². The molecule has 0 saturated heterocycles. The van der Waals surface area contributed by atoms with E-state index in [2.05, 4.69) is 6.08 Å². The Labute approximate surface area is 220 Å². The summed E-state index contributed by atoms with van der Waals surface area (Å²) >= 11 is 12.5. The molecular weight excluding hydrogens is 495 g/mol. The van der Waals surface area contributed by atoms with Gasteiger partial charge in [0, 0.05) is 10.9 Å². The van der Waals surface area contributed by atoms with Crippen molar-refractivity contribution in [1.29, 1.82) is 0 Å². The summed E-state index contributed by atoms with van der Waals surface area (Å²) in [5.41, 5.74) is 4.55. The number of benzene rings is 3. The predicted octanol–water partition coefficient (Wildman–Crippen LogP) is 7.45. The third-order valence-electron chi connectivity index (χ3n) is 6.79. The van der Waals surface area contributed by atoms with Crippen molar-refractivity contribution in [2.24, 2.45) is 11.0 Å². The van der Waals surface area contributed by atoms with Gasteiger partial charge in [-0.25, -0.2) is 5.01 Å². The fraction of sp³-hybridized carbons (Fsp3) is 0.241. The highest BCUT2D eigenvalue weighted by Gasteiger charge is 2.44. The molecular formula is C29H26Cl2N2O3. The smallest absolute Gasteiger partial charge is 0.276 e. The van der Waals surface area contributed by atoms with Crippen LogP contribution >= 0.6 is 23.2 Å². The van der Waals surface area contributed by atoms with E-state index in [-0.39, 0.29) is 17.9 Å². The van der Waals surface area contributed by atoms with Gasteiger partial charge in [-0.2, -0.15) is 5.10 Å². The molecule has 7 heteroatoms. The Balaban J connectivity index is 1.57. The SMILES string of the molecule is COc1ccc(/C=C2/CCC[C@@H]3C2=NN(C(=O)c2ccc(Cl)cc2Cl)[C@H]3c2ccc(OC)cc2)cc1. The molecule has 0 bridgehead atoms. The number of rotatable bonds is 5. The molecule has 2 atom stereocenters. The van der Waals surface area contributed by atoms with Crippen molar-refractivity contribution in [3.8, 4) is 11.5 Å². The van der Waals surface area contributed by atoms with E-state index in [1.54, 1.807) is 37.4 Å². The maximum absolute atomic E-state index is 13.8. The normalized spacial score (nSPS) is 20.2. The molecule has 0 radical (unpaired) electrons. The fourth-order valence-corrected chi connectivity index (χ4v) is 5.48. The Morgan fingerprint density at radius 2 is 1.64 bits per heavy atom. The Hall–Kier alpha value is -3.28. The largest absolute Gasteiger partial charge is 0.497 e. The zero-order valence-corrected chi connectivity index (χ0v) is 21.6. The molecule has 5 rings (SSSR count). The molecule has 3 aromatic rings. The van der Waals surface area contributed by atoms with Crippen LogP contribution in [0.4, 0.5) is 0 Å². The summed E-state index contributed by atoms with van der Waals surface area (Å²) < 4.78 is 10.6. The number of allylic oxidation sites excluding steroid dienone is 1. The number of methoxy groups -OCH3 is 2. The molecule has 0 spiro atoms. The second kappa shape index (κ2) is 10.4. The van der Waals surface area contributed by atoms with Crippen molar-refractivity contribution in [1.82, 2.24) is 5.01 Å². The van der Waals surface area contributed by atoms with E-state index in [0.29, 0.717) is 15.6 Å². The Kier molecular flexibility index (Phi) is 7.04. The Bertz CT molecular complexity index is 1330. The van der Waals surface area contributed by atoms with Crippen molar-refractivity contribution < 1.29 is 14.3 Å². The lowest BCUT2D eigenvalue weighted by molar-refractivity contribution is 0.0681. The van der Waals surface area contributed by atoms with Gasteiger partial charge in [0.05, 0.1) is 36.6 Å². The Morgan fingerprint density at radius 3 is 2.28 bits per heavy atom. The highest BCUT2D eigenvalue weighted by Crippen LogP contribution is 2.45. The quantitative estimate of drug-likeness (QED) is 0.351. The minimum Gasteiger partial charge on any atom is -0.497 e. The molecule has 1 heterocycles. The van der Waals surface area contributed by atoms with E-state index in [1.807, 2.05) is 48.5 Å². The summed E-state index contributed by atoms with van der Waals surface area (Å²) in [4.78, 5) is 13.8. The van der Waals surface area contributed by atoms with Crippen LogP contribution < -0.4 is 9.47 Å². The number of hydrazone groups is 1. The molecule has 1 aliphatic carbocycles. The van der Waals surface area contributed by atoms with Crippen LogP contribution in [-0.4, -0.2) is 30.8 Å². The topological polar surface area (TPSA) is 51.1 Å². The van der Waals surface area contributed by atoms with Crippen molar-refractivity contribution >= 4 is 40.9 Å². The second-order valence-electron chi connectivity index (χ2n) is 8.92. The van der Waals surface area contributed by atoms with Crippen molar-refractivity contribution in [2.75, 3.05) is 14.2 Å². The third kappa shape index (κ3) is 4.73. The molecule has 184 valence electrons. The first-order valence-electron chi connectivity index (χ1n) is 11.8. The number of hydrogen-bond acceptors (Lipinski definition) is 4. The number of carbonyl (C=O) groups excluding carboxylic acids is 1. The molecule has 1 amide bonds. The number of carbonyl (C=O) groups is 1.